The van der Waals surface area contributed by atoms with Gasteiger partial charge < -0.3 is 20.8 Å². The number of carbonyl (C=O) groups is 1. The van der Waals surface area contributed by atoms with E-state index in [1.54, 1.807) is 12.1 Å². The highest BCUT2D eigenvalue weighted by atomic mass is 16.4. The molecule has 2 aromatic heterocycles. The Kier molecular flexibility index (Phi) is 4.74. The molecular formula is C27H19N3O2. The number of carboxylic acids is 1. The first kappa shape index (κ1) is 19.3. The molecule has 0 atom stereocenters. The first-order valence-electron chi connectivity index (χ1n) is 10.1. The van der Waals surface area contributed by atoms with Crippen molar-refractivity contribution < 1.29 is 9.90 Å². The monoisotopic (exact) mass is 417 g/mol. The molecule has 0 radical (unpaired) electrons. The number of H-pyrrole nitrogens is 2. The van der Waals surface area contributed by atoms with Crippen molar-refractivity contribution in [3.05, 3.63) is 102 Å². The zero-order valence-corrected chi connectivity index (χ0v) is 17.0. The van der Waals surface area contributed by atoms with Gasteiger partial charge in [0.25, 0.3) is 0 Å². The fraction of sp³-hybridized carbons (Fsp3) is 0. The molecule has 0 amide bonds. The smallest absolute Gasteiger partial charge is 0.336 e. The number of aromatic amines is 2. The lowest BCUT2D eigenvalue weighted by molar-refractivity contribution is 0.0697. The molecule has 32 heavy (non-hydrogen) atoms. The summed E-state index contributed by atoms with van der Waals surface area (Å²) in [6.07, 6.45) is 1.86. The summed E-state index contributed by atoms with van der Waals surface area (Å²) in [7, 11) is 0. The highest BCUT2D eigenvalue weighted by Gasteiger charge is 2.15. The highest BCUT2D eigenvalue weighted by Crippen LogP contribution is 2.30. The first-order chi connectivity index (χ1) is 15.6. The minimum Gasteiger partial charge on any atom is -0.478 e. The van der Waals surface area contributed by atoms with Gasteiger partial charge in [-0.05, 0) is 65.0 Å². The predicted octanol–water partition coefficient (Wildman–Crippen LogP) is 5.51. The quantitative estimate of drug-likeness (QED) is 0.292. The Morgan fingerprint density at radius 1 is 0.875 bits per heavy atom. The summed E-state index contributed by atoms with van der Waals surface area (Å²) < 4.78 is 0. The van der Waals surface area contributed by atoms with E-state index in [0.717, 1.165) is 33.3 Å². The van der Waals surface area contributed by atoms with Gasteiger partial charge in [-0.1, -0.05) is 42.2 Å². The van der Waals surface area contributed by atoms with Gasteiger partial charge in [-0.15, -0.1) is 0 Å². The van der Waals surface area contributed by atoms with Crippen LogP contribution in [0.3, 0.4) is 0 Å². The number of aromatic nitrogens is 2. The molecule has 5 aromatic rings. The van der Waals surface area contributed by atoms with Crippen molar-refractivity contribution in [3.8, 4) is 34.2 Å². The maximum Gasteiger partial charge on any atom is 0.336 e. The van der Waals surface area contributed by atoms with E-state index in [1.807, 2.05) is 72.9 Å². The zero-order valence-electron chi connectivity index (χ0n) is 17.0. The third-order valence-electron chi connectivity index (χ3n) is 5.38. The molecule has 5 rings (SSSR count). The Balaban J connectivity index is 1.55. The van der Waals surface area contributed by atoms with Gasteiger partial charge in [0.2, 0.25) is 0 Å². The molecule has 0 fully saturated rings. The summed E-state index contributed by atoms with van der Waals surface area (Å²) in [6, 6.07) is 24.6. The lowest BCUT2D eigenvalue weighted by Crippen LogP contribution is -2.01. The number of nitrogen functional groups attached to an aromatic ring is 1. The van der Waals surface area contributed by atoms with Gasteiger partial charge in [-0.25, -0.2) is 4.79 Å². The molecule has 0 aliphatic rings. The van der Waals surface area contributed by atoms with E-state index in [1.165, 1.54) is 0 Å². The number of aromatic carboxylic acids is 1. The molecule has 154 valence electrons. The van der Waals surface area contributed by atoms with Gasteiger partial charge in [-0.3, -0.25) is 0 Å². The summed E-state index contributed by atoms with van der Waals surface area (Å²) in [5.41, 5.74) is 11.8. The van der Waals surface area contributed by atoms with Gasteiger partial charge in [0.05, 0.1) is 5.56 Å². The van der Waals surface area contributed by atoms with Crippen LogP contribution >= 0.6 is 0 Å². The van der Waals surface area contributed by atoms with Crippen LogP contribution in [-0.4, -0.2) is 21.0 Å². The Morgan fingerprint density at radius 2 is 1.69 bits per heavy atom. The van der Waals surface area contributed by atoms with Gasteiger partial charge in [0.15, 0.2) is 0 Å². The normalized spacial score (nSPS) is 10.6. The number of hydrogen-bond acceptors (Lipinski definition) is 2. The fourth-order valence-corrected chi connectivity index (χ4v) is 3.80. The number of anilines is 1. The lowest BCUT2D eigenvalue weighted by atomic mass is 9.93. The van der Waals surface area contributed by atoms with Gasteiger partial charge in [-0.2, -0.15) is 0 Å². The molecule has 5 nitrogen and oxygen atoms in total. The number of fused-ring (bicyclic) bond motifs is 1. The average Bonchev–Trinajstić information content (AvgIpc) is 3.46. The Morgan fingerprint density at radius 3 is 2.44 bits per heavy atom. The summed E-state index contributed by atoms with van der Waals surface area (Å²) in [5, 5.41) is 10.9. The molecule has 0 saturated heterocycles. The summed E-state index contributed by atoms with van der Waals surface area (Å²) in [4.78, 5) is 18.2. The van der Waals surface area contributed by atoms with Crippen LogP contribution in [0.2, 0.25) is 0 Å². The Hall–Kier alpha value is -4.69. The number of rotatable bonds is 3. The molecule has 0 unspecified atom stereocenters. The van der Waals surface area contributed by atoms with Crippen molar-refractivity contribution >= 4 is 22.7 Å². The standard InChI is InChI=1S/C27H19N3O2/c28-25-13-12-23(30-25)18-7-4-17(5-8-18)6-9-20-2-1-3-22(27(31)32)26(20)21-11-10-19-14-15-29-24(19)16-21/h1-5,7-8,10-16,29-30H,28H2,(H,31,32). The number of nitrogens with two attached hydrogens (primary N) is 1. The van der Waals surface area contributed by atoms with Crippen LogP contribution in [-0.2, 0) is 0 Å². The van der Waals surface area contributed by atoms with E-state index in [9.17, 15) is 9.90 Å². The Bertz CT molecular complexity index is 1510. The van der Waals surface area contributed by atoms with E-state index in [4.69, 9.17) is 5.73 Å². The third kappa shape index (κ3) is 3.62. The van der Waals surface area contributed by atoms with E-state index in [-0.39, 0.29) is 5.56 Å². The van der Waals surface area contributed by atoms with Crippen LogP contribution in [0.4, 0.5) is 5.82 Å². The number of benzene rings is 3. The molecular weight excluding hydrogens is 398 g/mol. The predicted molar refractivity (Wildman–Crippen MR) is 127 cm³/mol. The topological polar surface area (TPSA) is 94.9 Å². The largest absolute Gasteiger partial charge is 0.478 e. The van der Waals surface area contributed by atoms with E-state index >= 15 is 0 Å². The summed E-state index contributed by atoms with van der Waals surface area (Å²) in [6.45, 7) is 0. The second-order valence-corrected chi connectivity index (χ2v) is 7.47. The van der Waals surface area contributed by atoms with Crippen molar-refractivity contribution in [2.45, 2.75) is 0 Å². The molecule has 2 heterocycles. The molecule has 0 saturated carbocycles. The lowest BCUT2D eigenvalue weighted by Gasteiger charge is -2.10. The average molecular weight is 417 g/mol. The number of carboxylic acid groups (broad SMARTS) is 1. The molecule has 5 N–H and O–H groups in total. The van der Waals surface area contributed by atoms with Gasteiger partial charge in [0.1, 0.15) is 5.82 Å². The van der Waals surface area contributed by atoms with Gasteiger partial charge in [0, 0.05) is 34.1 Å². The fourth-order valence-electron chi connectivity index (χ4n) is 3.80. The van der Waals surface area contributed by atoms with Crippen molar-refractivity contribution in [2.24, 2.45) is 0 Å². The van der Waals surface area contributed by atoms with Crippen molar-refractivity contribution in [1.29, 1.82) is 0 Å². The van der Waals surface area contributed by atoms with Crippen molar-refractivity contribution in [3.63, 3.8) is 0 Å². The SMILES string of the molecule is Nc1ccc(-c2ccc(C#Cc3cccc(C(=O)O)c3-c3ccc4cc[nH]c4c3)cc2)[nH]1. The summed E-state index contributed by atoms with van der Waals surface area (Å²) in [5.74, 6) is 5.98. The summed E-state index contributed by atoms with van der Waals surface area (Å²) >= 11 is 0. The first-order valence-corrected chi connectivity index (χ1v) is 10.1. The maximum absolute atomic E-state index is 11.9. The maximum atomic E-state index is 11.9. The van der Waals surface area contributed by atoms with Crippen LogP contribution < -0.4 is 5.73 Å². The molecule has 0 aliphatic heterocycles. The van der Waals surface area contributed by atoms with E-state index in [2.05, 4.69) is 21.8 Å². The molecule has 5 heteroatoms. The third-order valence-corrected chi connectivity index (χ3v) is 5.38. The Labute approximate surface area is 184 Å². The molecule has 0 bridgehead atoms. The highest BCUT2D eigenvalue weighted by molar-refractivity contribution is 5.99. The van der Waals surface area contributed by atoms with E-state index < -0.39 is 5.97 Å². The van der Waals surface area contributed by atoms with Crippen LogP contribution in [0.15, 0.2) is 85.1 Å². The van der Waals surface area contributed by atoms with Crippen LogP contribution in [0, 0.1) is 11.8 Å². The van der Waals surface area contributed by atoms with Gasteiger partial charge >= 0.3 is 5.97 Å². The molecule has 0 aliphatic carbocycles. The number of nitrogens with one attached hydrogen (secondary N) is 2. The minimum atomic E-state index is -0.982. The molecule has 3 aromatic carbocycles. The van der Waals surface area contributed by atoms with Crippen molar-refractivity contribution in [2.75, 3.05) is 5.73 Å². The van der Waals surface area contributed by atoms with Crippen molar-refractivity contribution in [1.82, 2.24) is 9.97 Å². The number of hydrogen-bond donors (Lipinski definition) is 4. The van der Waals surface area contributed by atoms with Crippen LogP contribution in [0.1, 0.15) is 21.5 Å². The zero-order chi connectivity index (χ0) is 22.1. The van der Waals surface area contributed by atoms with Crippen LogP contribution in [0.25, 0.3) is 33.3 Å². The van der Waals surface area contributed by atoms with E-state index in [0.29, 0.717) is 16.9 Å². The second kappa shape index (κ2) is 7.86. The van der Waals surface area contributed by atoms with Crippen LogP contribution in [0.5, 0.6) is 0 Å². The molecule has 0 spiro atoms. The second-order valence-electron chi connectivity index (χ2n) is 7.47. The minimum absolute atomic E-state index is 0.224.